The summed E-state index contributed by atoms with van der Waals surface area (Å²) in [6.45, 7) is 4.52. The van der Waals surface area contributed by atoms with E-state index in [1.165, 1.54) is 5.56 Å². The highest BCUT2D eigenvalue weighted by Gasteiger charge is 2.24. The molecule has 2 rings (SSSR count). The number of likely N-dealkylation sites (tertiary alicyclic amines) is 1. The Morgan fingerprint density at radius 2 is 2.06 bits per heavy atom. The van der Waals surface area contributed by atoms with Crippen LogP contribution in [0.3, 0.4) is 0 Å². The van der Waals surface area contributed by atoms with Gasteiger partial charge in [-0.1, -0.05) is 30.3 Å². The minimum atomic E-state index is 0.460. The zero-order valence-electron chi connectivity index (χ0n) is 10.2. The van der Waals surface area contributed by atoms with E-state index in [9.17, 15) is 0 Å². The van der Waals surface area contributed by atoms with E-state index in [0.29, 0.717) is 12.1 Å². The lowest BCUT2D eigenvalue weighted by Gasteiger charge is -2.37. The second kappa shape index (κ2) is 5.46. The van der Waals surface area contributed by atoms with Crippen molar-refractivity contribution in [3.63, 3.8) is 0 Å². The van der Waals surface area contributed by atoms with Crippen molar-refractivity contribution >= 4 is 0 Å². The summed E-state index contributed by atoms with van der Waals surface area (Å²) in [4.78, 5) is 2.55. The summed E-state index contributed by atoms with van der Waals surface area (Å²) in [5.74, 6) is 0. The van der Waals surface area contributed by atoms with Gasteiger partial charge in [-0.3, -0.25) is 4.90 Å². The molecule has 0 spiro atoms. The molecule has 0 aromatic heterocycles. The quantitative estimate of drug-likeness (QED) is 0.775. The highest BCUT2D eigenvalue weighted by Crippen LogP contribution is 2.21. The van der Waals surface area contributed by atoms with Gasteiger partial charge >= 0.3 is 0 Å². The molecule has 0 N–H and O–H groups in total. The van der Waals surface area contributed by atoms with Crippen molar-refractivity contribution in [1.29, 1.82) is 0 Å². The zero-order chi connectivity index (χ0) is 11.4. The Bertz CT molecular complexity index is 312. The summed E-state index contributed by atoms with van der Waals surface area (Å²) in [6, 6.07) is 11.3. The Morgan fingerprint density at radius 1 is 1.31 bits per heavy atom. The van der Waals surface area contributed by atoms with Crippen LogP contribution in [0, 0.1) is 0 Å². The lowest BCUT2D eigenvalue weighted by Crippen LogP contribution is -2.42. The smallest absolute Gasteiger partial charge is 0.0598 e. The molecule has 1 heterocycles. The maximum Gasteiger partial charge on any atom is 0.0598 e. The second-order valence-electron chi connectivity index (χ2n) is 4.69. The van der Waals surface area contributed by atoms with Crippen LogP contribution >= 0.6 is 0 Å². The largest absolute Gasteiger partial charge is 0.381 e. The maximum absolute atomic E-state index is 5.43. The van der Waals surface area contributed by atoms with E-state index in [2.05, 4.69) is 42.2 Å². The zero-order valence-corrected chi connectivity index (χ0v) is 10.2. The lowest BCUT2D eigenvalue weighted by atomic mass is 10.00. The van der Waals surface area contributed by atoms with Gasteiger partial charge in [-0.2, -0.15) is 0 Å². The molecule has 2 heteroatoms. The maximum atomic E-state index is 5.43. The minimum Gasteiger partial charge on any atom is -0.381 e. The molecule has 0 radical (unpaired) electrons. The van der Waals surface area contributed by atoms with Gasteiger partial charge < -0.3 is 4.74 Å². The molecule has 1 aliphatic rings. The van der Waals surface area contributed by atoms with Gasteiger partial charge in [0.1, 0.15) is 0 Å². The fourth-order valence-electron chi connectivity index (χ4n) is 2.44. The van der Waals surface area contributed by atoms with E-state index < -0.39 is 0 Å². The third-order valence-corrected chi connectivity index (χ3v) is 3.53. The molecule has 2 atom stereocenters. The highest BCUT2D eigenvalue weighted by atomic mass is 16.5. The van der Waals surface area contributed by atoms with Crippen molar-refractivity contribution in [3.05, 3.63) is 35.9 Å². The highest BCUT2D eigenvalue weighted by molar-refractivity contribution is 5.14. The molecule has 1 saturated heterocycles. The standard InChI is InChI=1S/C14H21NO/c1-12-10-14(16-2)8-9-15(12)11-13-6-4-3-5-7-13/h3-7,12,14H,8-11H2,1-2H3. The van der Waals surface area contributed by atoms with Crippen LogP contribution in [0.4, 0.5) is 0 Å². The molecule has 88 valence electrons. The van der Waals surface area contributed by atoms with Gasteiger partial charge in [-0.15, -0.1) is 0 Å². The number of hydrogen-bond donors (Lipinski definition) is 0. The number of nitrogens with zero attached hydrogens (tertiary/aromatic N) is 1. The summed E-state index contributed by atoms with van der Waals surface area (Å²) in [7, 11) is 1.82. The summed E-state index contributed by atoms with van der Waals surface area (Å²) in [5, 5.41) is 0. The Kier molecular flexibility index (Phi) is 3.97. The monoisotopic (exact) mass is 219 g/mol. The van der Waals surface area contributed by atoms with Crippen molar-refractivity contribution in [1.82, 2.24) is 4.90 Å². The van der Waals surface area contributed by atoms with Gasteiger partial charge in [0.2, 0.25) is 0 Å². The Labute approximate surface area is 98.2 Å². The van der Waals surface area contributed by atoms with Crippen LogP contribution in [-0.4, -0.2) is 30.7 Å². The van der Waals surface area contributed by atoms with Crippen molar-refractivity contribution in [2.45, 2.75) is 38.5 Å². The summed E-state index contributed by atoms with van der Waals surface area (Å²) < 4.78 is 5.43. The molecule has 0 bridgehead atoms. The van der Waals surface area contributed by atoms with Gasteiger partial charge in [0.15, 0.2) is 0 Å². The first-order valence-electron chi connectivity index (χ1n) is 6.10. The van der Waals surface area contributed by atoms with E-state index in [4.69, 9.17) is 4.74 Å². The second-order valence-corrected chi connectivity index (χ2v) is 4.69. The number of piperidine rings is 1. The molecule has 1 aromatic carbocycles. The number of ether oxygens (including phenoxy) is 1. The van der Waals surface area contributed by atoms with Gasteiger partial charge in [-0.05, 0) is 25.3 Å². The van der Waals surface area contributed by atoms with Crippen LogP contribution in [0.15, 0.2) is 30.3 Å². The topological polar surface area (TPSA) is 12.5 Å². The lowest BCUT2D eigenvalue weighted by molar-refractivity contribution is 0.0130. The van der Waals surface area contributed by atoms with E-state index in [0.717, 1.165) is 25.9 Å². The Hall–Kier alpha value is -0.860. The van der Waals surface area contributed by atoms with E-state index in [1.807, 2.05) is 7.11 Å². The molecule has 2 nitrogen and oxygen atoms in total. The van der Waals surface area contributed by atoms with Crippen LogP contribution in [0.25, 0.3) is 0 Å². The van der Waals surface area contributed by atoms with Crippen LogP contribution in [0.2, 0.25) is 0 Å². The van der Waals surface area contributed by atoms with Crippen LogP contribution < -0.4 is 0 Å². The molecule has 1 aliphatic heterocycles. The molecule has 2 unspecified atom stereocenters. The van der Waals surface area contributed by atoms with Crippen LogP contribution in [0.5, 0.6) is 0 Å². The van der Waals surface area contributed by atoms with Crippen molar-refractivity contribution in [2.75, 3.05) is 13.7 Å². The Morgan fingerprint density at radius 3 is 2.69 bits per heavy atom. The van der Waals surface area contributed by atoms with E-state index >= 15 is 0 Å². The normalized spacial score (nSPS) is 26.9. The van der Waals surface area contributed by atoms with Crippen LogP contribution in [0.1, 0.15) is 25.3 Å². The van der Waals surface area contributed by atoms with E-state index in [-0.39, 0.29) is 0 Å². The molecule has 1 fully saturated rings. The van der Waals surface area contributed by atoms with Crippen molar-refractivity contribution < 1.29 is 4.74 Å². The first kappa shape index (κ1) is 11.6. The first-order chi connectivity index (χ1) is 7.79. The average Bonchev–Trinajstić information content (AvgIpc) is 2.33. The average molecular weight is 219 g/mol. The molecule has 0 amide bonds. The Balaban J connectivity index is 1.92. The SMILES string of the molecule is COC1CCN(Cc2ccccc2)C(C)C1. The van der Waals surface area contributed by atoms with E-state index in [1.54, 1.807) is 0 Å². The van der Waals surface area contributed by atoms with Gasteiger partial charge in [-0.25, -0.2) is 0 Å². The summed E-state index contributed by atoms with van der Waals surface area (Å²) >= 11 is 0. The molecule has 16 heavy (non-hydrogen) atoms. The molecule has 1 aromatic rings. The molecular weight excluding hydrogens is 198 g/mol. The number of hydrogen-bond acceptors (Lipinski definition) is 2. The molecule has 0 saturated carbocycles. The first-order valence-corrected chi connectivity index (χ1v) is 6.10. The third kappa shape index (κ3) is 2.83. The van der Waals surface area contributed by atoms with Gasteiger partial charge in [0.25, 0.3) is 0 Å². The number of rotatable bonds is 3. The fourth-order valence-corrected chi connectivity index (χ4v) is 2.44. The summed E-state index contributed by atoms with van der Waals surface area (Å²) in [6.07, 6.45) is 2.78. The third-order valence-electron chi connectivity index (χ3n) is 3.53. The van der Waals surface area contributed by atoms with Crippen LogP contribution in [-0.2, 0) is 11.3 Å². The van der Waals surface area contributed by atoms with Gasteiger partial charge in [0, 0.05) is 26.2 Å². The van der Waals surface area contributed by atoms with Crippen molar-refractivity contribution in [2.24, 2.45) is 0 Å². The number of benzene rings is 1. The van der Waals surface area contributed by atoms with Crippen molar-refractivity contribution in [3.8, 4) is 0 Å². The predicted octanol–water partition coefficient (Wildman–Crippen LogP) is 2.69. The summed E-state index contributed by atoms with van der Waals surface area (Å²) in [5.41, 5.74) is 1.41. The fraction of sp³-hybridized carbons (Fsp3) is 0.571. The molecule has 0 aliphatic carbocycles. The predicted molar refractivity (Wildman–Crippen MR) is 66.3 cm³/mol. The minimum absolute atomic E-state index is 0.460. The van der Waals surface area contributed by atoms with Gasteiger partial charge in [0.05, 0.1) is 6.10 Å². The number of methoxy groups -OCH3 is 1. The molecular formula is C14H21NO.